The highest BCUT2D eigenvalue weighted by atomic mass is 32.2. The zero-order valence-electron chi connectivity index (χ0n) is 15.8. The SMILES string of the molecule is Cn1nnnc1SCC1=C(C(=O)O)N2C(=O)C(NC(=O)C(=S=O)c3cccs3)[C@H]2SC1. The van der Waals surface area contributed by atoms with Crippen molar-refractivity contribution in [2.75, 3.05) is 11.5 Å². The Hall–Kier alpha value is -2.49. The number of hydrogen-bond donors (Lipinski definition) is 2. The Bertz CT molecular complexity index is 1140. The second kappa shape index (κ2) is 8.94. The van der Waals surface area contributed by atoms with E-state index in [1.165, 1.54) is 44.4 Å². The fraction of sp³-hybridized carbons (Fsp3) is 0.312. The van der Waals surface area contributed by atoms with Gasteiger partial charge in [-0.1, -0.05) is 17.8 Å². The first kappa shape index (κ1) is 21.7. The standard InChI is InChI=1S/C16H14N6O5S4/c1-21-16(18-19-20-21)30-6-7-5-29-14-9(13(24)22(14)10(7)15(25)26)17-12(23)11(31-27)8-3-2-4-28-8/h2-4,9,14H,5-6H2,1H3,(H,17,23)(H,25,26)/t9?,14-/m1/s1. The van der Waals surface area contributed by atoms with Crippen molar-refractivity contribution in [3.63, 3.8) is 0 Å². The molecule has 4 heterocycles. The molecule has 2 N–H and O–H groups in total. The number of fused-ring (bicyclic) bond motifs is 1. The van der Waals surface area contributed by atoms with Crippen LogP contribution in [-0.4, -0.2) is 80.0 Å². The molecule has 0 aromatic carbocycles. The number of β-lactam (4-membered cyclic amide) rings is 1. The van der Waals surface area contributed by atoms with Crippen LogP contribution >= 0.6 is 34.9 Å². The number of amides is 2. The Morgan fingerprint density at radius 3 is 2.84 bits per heavy atom. The summed E-state index contributed by atoms with van der Waals surface area (Å²) in [5, 5.41) is 25.2. The van der Waals surface area contributed by atoms with Gasteiger partial charge in [-0.15, -0.1) is 28.2 Å². The minimum Gasteiger partial charge on any atom is -0.477 e. The molecule has 2 aliphatic heterocycles. The van der Waals surface area contributed by atoms with E-state index in [2.05, 4.69) is 20.8 Å². The summed E-state index contributed by atoms with van der Waals surface area (Å²) in [5.41, 5.74) is 0.489. The second-order valence-electron chi connectivity index (χ2n) is 6.38. The van der Waals surface area contributed by atoms with Gasteiger partial charge >= 0.3 is 5.97 Å². The number of hydrogen-bond acceptors (Lipinski definition) is 10. The summed E-state index contributed by atoms with van der Waals surface area (Å²) in [5.74, 6) is -1.70. The van der Waals surface area contributed by atoms with Gasteiger partial charge in [-0.05, 0) is 27.4 Å². The lowest BCUT2D eigenvalue weighted by Gasteiger charge is -2.49. The third-order valence-electron chi connectivity index (χ3n) is 4.53. The van der Waals surface area contributed by atoms with Crippen molar-refractivity contribution in [2.24, 2.45) is 7.05 Å². The predicted molar refractivity (Wildman–Crippen MR) is 116 cm³/mol. The molecule has 2 amide bonds. The molecule has 1 unspecified atom stereocenters. The molecule has 2 aromatic heterocycles. The van der Waals surface area contributed by atoms with Crippen LogP contribution in [0.2, 0.25) is 0 Å². The number of carbonyl (C=O) groups is 3. The van der Waals surface area contributed by atoms with Crippen molar-refractivity contribution in [3.8, 4) is 0 Å². The highest BCUT2D eigenvalue weighted by Crippen LogP contribution is 2.41. The van der Waals surface area contributed by atoms with Crippen molar-refractivity contribution in [3.05, 3.63) is 33.7 Å². The second-order valence-corrected chi connectivity index (χ2v) is 9.95. The van der Waals surface area contributed by atoms with E-state index in [4.69, 9.17) is 0 Å². The lowest BCUT2D eigenvalue weighted by molar-refractivity contribution is -0.150. The summed E-state index contributed by atoms with van der Waals surface area (Å²) in [4.78, 5) is 38.9. The zero-order chi connectivity index (χ0) is 22.1. The maximum Gasteiger partial charge on any atom is 0.352 e. The molecule has 11 nitrogen and oxygen atoms in total. The van der Waals surface area contributed by atoms with Crippen molar-refractivity contribution in [2.45, 2.75) is 16.6 Å². The average molecular weight is 499 g/mol. The number of thiophene rings is 1. The molecule has 31 heavy (non-hydrogen) atoms. The fourth-order valence-corrected chi connectivity index (χ4v) is 6.62. The first-order chi connectivity index (χ1) is 14.9. The molecule has 0 radical (unpaired) electrons. The van der Waals surface area contributed by atoms with Crippen molar-refractivity contribution in [1.82, 2.24) is 30.4 Å². The number of nitrogens with one attached hydrogen (secondary N) is 1. The Labute approximate surface area is 191 Å². The Kier molecular flexibility index (Phi) is 6.27. The highest BCUT2D eigenvalue weighted by Gasteiger charge is 2.54. The zero-order valence-corrected chi connectivity index (χ0v) is 19.0. The number of tetrazole rings is 1. The van der Waals surface area contributed by atoms with Crippen LogP contribution in [-0.2, 0) is 32.7 Å². The topological polar surface area (TPSA) is 147 Å². The monoisotopic (exact) mass is 498 g/mol. The molecule has 2 aliphatic rings. The number of thioether (sulfide) groups is 2. The van der Waals surface area contributed by atoms with Crippen LogP contribution < -0.4 is 5.32 Å². The number of nitrogens with zero attached hydrogens (tertiary/aromatic N) is 5. The summed E-state index contributed by atoms with van der Waals surface area (Å²) < 4.78 is 12.9. The van der Waals surface area contributed by atoms with Gasteiger partial charge in [0.05, 0.1) is 4.88 Å². The van der Waals surface area contributed by atoms with Crippen LogP contribution in [0.4, 0.5) is 0 Å². The summed E-state index contributed by atoms with van der Waals surface area (Å²) in [6.45, 7) is 0. The molecule has 0 spiro atoms. The van der Waals surface area contributed by atoms with Gasteiger partial charge in [0, 0.05) is 18.6 Å². The Morgan fingerprint density at radius 2 is 2.23 bits per heavy atom. The van der Waals surface area contributed by atoms with Gasteiger partial charge in [-0.25, -0.2) is 13.7 Å². The Morgan fingerprint density at radius 1 is 1.42 bits per heavy atom. The highest BCUT2D eigenvalue weighted by molar-refractivity contribution is 8.01. The number of aromatic nitrogens is 4. The average Bonchev–Trinajstić information content (AvgIpc) is 3.42. The fourth-order valence-electron chi connectivity index (χ4n) is 3.09. The van der Waals surface area contributed by atoms with Gasteiger partial charge in [0.15, 0.2) is 0 Å². The van der Waals surface area contributed by atoms with E-state index in [1.807, 2.05) is 0 Å². The molecule has 4 rings (SSSR count). The number of aliphatic carboxylic acids is 1. The summed E-state index contributed by atoms with van der Waals surface area (Å²) in [6, 6.07) is 2.47. The summed E-state index contributed by atoms with van der Waals surface area (Å²) in [6.07, 6.45) is 0. The third kappa shape index (κ3) is 4.05. The molecule has 2 aromatic rings. The van der Waals surface area contributed by atoms with Crippen LogP contribution in [0.1, 0.15) is 4.88 Å². The molecule has 15 heteroatoms. The Balaban J connectivity index is 1.49. The van der Waals surface area contributed by atoms with E-state index in [-0.39, 0.29) is 21.8 Å². The van der Waals surface area contributed by atoms with Crippen LogP contribution in [0.25, 0.3) is 0 Å². The van der Waals surface area contributed by atoms with E-state index in [1.54, 1.807) is 24.6 Å². The van der Waals surface area contributed by atoms with E-state index < -0.39 is 29.2 Å². The first-order valence-corrected chi connectivity index (χ1v) is 12.3. The number of carboxylic acids is 1. The molecular formula is C16H14N6O5S4. The van der Waals surface area contributed by atoms with Crippen LogP contribution in [0.3, 0.4) is 0 Å². The molecule has 0 bridgehead atoms. The largest absolute Gasteiger partial charge is 0.477 e. The number of rotatable bonds is 7. The third-order valence-corrected chi connectivity index (χ3v) is 8.55. The van der Waals surface area contributed by atoms with Crippen LogP contribution in [0, 0.1) is 0 Å². The van der Waals surface area contributed by atoms with Crippen molar-refractivity contribution >= 4 is 68.8 Å². The lowest BCUT2D eigenvalue weighted by atomic mass is 10.0. The van der Waals surface area contributed by atoms with E-state index >= 15 is 0 Å². The predicted octanol–water partition coefficient (Wildman–Crippen LogP) is -0.464. The maximum absolute atomic E-state index is 12.7. The smallest absolute Gasteiger partial charge is 0.352 e. The summed E-state index contributed by atoms with van der Waals surface area (Å²) in [7, 11) is 1.67. The molecule has 162 valence electrons. The van der Waals surface area contributed by atoms with Gasteiger partial charge in [0.1, 0.15) is 33.2 Å². The van der Waals surface area contributed by atoms with Crippen LogP contribution in [0.15, 0.2) is 33.9 Å². The van der Waals surface area contributed by atoms with E-state index in [9.17, 15) is 23.7 Å². The number of aryl methyl sites for hydroxylation is 1. The maximum atomic E-state index is 12.7. The lowest BCUT2D eigenvalue weighted by Crippen LogP contribution is -2.71. The van der Waals surface area contributed by atoms with Gasteiger partial charge in [0.25, 0.3) is 11.8 Å². The number of carboxylic acid groups (broad SMARTS) is 1. The molecule has 1 saturated heterocycles. The number of carbonyl (C=O) groups excluding carboxylic acids is 2. The van der Waals surface area contributed by atoms with E-state index in [0.717, 1.165) is 0 Å². The quantitative estimate of drug-likeness (QED) is 0.222. The van der Waals surface area contributed by atoms with Gasteiger partial charge in [-0.2, -0.15) is 0 Å². The first-order valence-electron chi connectivity index (χ1n) is 8.69. The molecule has 0 aliphatic carbocycles. The molecular weight excluding hydrogens is 484 g/mol. The summed E-state index contributed by atoms with van der Waals surface area (Å²) >= 11 is 3.94. The van der Waals surface area contributed by atoms with Crippen molar-refractivity contribution in [1.29, 1.82) is 0 Å². The van der Waals surface area contributed by atoms with Crippen molar-refractivity contribution < 1.29 is 23.7 Å². The molecule has 2 atom stereocenters. The minimum atomic E-state index is -1.21. The molecule has 0 saturated carbocycles. The minimum absolute atomic E-state index is 0.0227. The normalized spacial score (nSPS) is 20.2. The van der Waals surface area contributed by atoms with Gasteiger partial charge in [-0.3, -0.25) is 14.5 Å². The van der Waals surface area contributed by atoms with Gasteiger partial charge < -0.3 is 10.4 Å². The molecule has 1 fully saturated rings. The van der Waals surface area contributed by atoms with E-state index in [0.29, 0.717) is 27.1 Å². The van der Waals surface area contributed by atoms with Gasteiger partial charge in [0.2, 0.25) is 5.16 Å². The van der Waals surface area contributed by atoms with Crippen LogP contribution in [0.5, 0.6) is 0 Å².